The lowest BCUT2D eigenvalue weighted by Crippen LogP contribution is -2.26. The van der Waals surface area contributed by atoms with E-state index in [0.717, 1.165) is 6.04 Å². The first kappa shape index (κ1) is 16.0. The summed E-state index contributed by atoms with van der Waals surface area (Å²) >= 11 is 1.82. The van der Waals surface area contributed by atoms with E-state index in [9.17, 15) is 0 Å². The van der Waals surface area contributed by atoms with Gasteiger partial charge in [0.05, 0.1) is 0 Å². The summed E-state index contributed by atoms with van der Waals surface area (Å²) in [7, 11) is 0. The fourth-order valence-electron chi connectivity index (χ4n) is 2.63. The summed E-state index contributed by atoms with van der Waals surface area (Å²) < 4.78 is 0. The van der Waals surface area contributed by atoms with Crippen molar-refractivity contribution in [2.24, 2.45) is 0 Å². The molecule has 0 bridgehead atoms. The normalized spacial score (nSPS) is 15.4. The summed E-state index contributed by atoms with van der Waals surface area (Å²) in [6.07, 6.45) is 8.28. The van der Waals surface area contributed by atoms with Gasteiger partial charge in [-0.2, -0.15) is 11.3 Å². The maximum absolute atomic E-state index is 3.49. The first-order valence-electron chi connectivity index (χ1n) is 8.24. The van der Waals surface area contributed by atoms with Crippen LogP contribution >= 0.6 is 11.3 Å². The Morgan fingerprint density at radius 2 is 2.05 bits per heavy atom. The van der Waals surface area contributed by atoms with Crippen LogP contribution in [0.25, 0.3) is 0 Å². The molecule has 2 rings (SSSR count). The van der Waals surface area contributed by atoms with Crippen molar-refractivity contribution >= 4 is 11.3 Å². The van der Waals surface area contributed by atoms with E-state index >= 15 is 0 Å². The van der Waals surface area contributed by atoms with Crippen LogP contribution < -0.4 is 5.32 Å². The third kappa shape index (κ3) is 6.38. The summed E-state index contributed by atoms with van der Waals surface area (Å²) in [5.74, 6) is 0. The summed E-state index contributed by atoms with van der Waals surface area (Å²) in [5, 5.41) is 7.99. The Morgan fingerprint density at radius 3 is 2.70 bits per heavy atom. The molecule has 0 saturated heterocycles. The minimum atomic E-state index is 0.631. The zero-order valence-corrected chi connectivity index (χ0v) is 13.9. The van der Waals surface area contributed by atoms with Gasteiger partial charge in [-0.25, -0.2) is 0 Å². The van der Waals surface area contributed by atoms with E-state index in [1.807, 2.05) is 11.3 Å². The first-order chi connectivity index (χ1) is 9.75. The molecule has 0 aliphatic heterocycles. The van der Waals surface area contributed by atoms with Gasteiger partial charge in [0.2, 0.25) is 0 Å². The molecular weight excluding hydrogens is 264 g/mol. The Kier molecular flexibility index (Phi) is 7.05. The Balaban J connectivity index is 1.54. The fraction of sp³-hybridized carbons (Fsp3) is 0.765. The maximum Gasteiger partial charge on any atom is 0.0244 e. The van der Waals surface area contributed by atoms with Gasteiger partial charge in [0.25, 0.3) is 0 Å². The lowest BCUT2D eigenvalue weighted by Gasteiger charge is -2.21. The van der Waals surface area contributed by atoms with Crippen molar-refractivity contribution in [2.75, 3.05) is 13.1 Å². The Labute approximate surface area is 128 Å². The van der Waals surface area contributed by atoms with Crippen LogP contribution in [0, 0.1) is 0 Å². The highest BCUT2D eigenvalue weighted by molar-refractivity contribution is 7.07. The smallest absolute Gasteiger partial charge is 0.0244 e. The zero-order valence-electron chi connectivity index (χ0n) is 13.1. The summed E-state index contributed by atoms with van der Waals surface area (Å²) in [4.78, 5) is 2.70. The van der Waals surface area contributed by atoms with Gasteiger partial charge in [-0.3, -0.25) is 4.90 Å². The molecular formula is C17H30N2S. The van der Waals surface area contributed by atoms with Gasteiger partial charge in [0, 0.05) is 18.6 Å². The molecule has 0 aromatic carbocycles. The molecule has 0 radical (unpaired) electrons. The van der Waals surface area contributed by atoms with Crippen molar-refractivity contribution in [3.8, 4) is 0 Å². The monoisotopic (exact) mass is 294 g/mol. The molecule has 0 spiro atoms. The average molecular weight is 295 g/mol. The van der Waals surface area contributed by atoms with Crippen molar-refractivity contribution in [1.29, 1.82) is 0 Å². The average Bonchev–Trinajstić information content (AvgIpc) is 3.14. The molecule has 1 aliphatic carbocycles. The molecule has 0 unspecified atom stereocenters. The van der Waals surface area contributed by atoms with Gasteiger partial charge < -0.3 is 5.32 Å². The van der Waals surface area contributed by atoms with Crippen molar-refractivity contribution in [1.82, 2.24) is 10.2 Å². The third-order valence-corrected chi connectivity index (χ3v) is 4.69. The zero-order chi connectivity index (χ0) is 14.2. The van der Waals surface area contributed by atoms with Crippen molar-refractivity contribution < 1.29 is 0 Å². The van der Waals surface area contributed by atoms with Crippen LogP contribution in [0.5, 0.6) is 0 Å². The number of hydrogen-bond acceptors (Lipinski definition) is 3. The minimum absolute atomic E-state index is 0.631. The Hall–Kier alpha value is -0.380. The summed E-state index contributed by atoms with van der Waals surface area (Å²) in [5.41, 5.74) is 1.50. The number of rotatable bonds is 11. The first-order valence-corrected chi connectivity index (χ1v) is 9.18. The van der Waals surface area contributed by atoms with E-state index < -0.39 is 0 Å². The van der Waals surface area contributed by atoms with Gasteiger partial charge in [0.1, 0.15) is 0 Å². The second-order valence-corrected chi connectivity index (χ2v) is 7.14. The predicted octanol–water partition coefficient (Wildman–Crippen LogP) is 4.27. The molecule has 1 heterocycles. The summed E-state index contributed by atoms with van der Waals surface area (Å²) in [6.45, 7) is 8.08. The molecule has 20 heavy (non-hydrogen) atoms. The molecule has 1 fully saturated rings. The molecule has 1 aromatic rings. The topological polar surface area (TPSA) is 15.3 Å². The van der Waals surface area contributed by atoms with Gasteiger partial charge in [0.15, 0.2) is 0 Å². The van der Waals surface area contributed by atoms with E-state index in [1.54, 1.807) is 0 Å². The van der Waals surface area contributed by atoms with E-state index in [2.05, 4.69) is 40.9 Å². The van der Waals surface area contributed by atoms with E-state index in [0.29, 0.717) is 6.04 Å². The molecule has 3 heteroatoms. The van der Waals surface area contributed by atoms with Crippen LogP contribution in [-0.4, -0.2) is 30.1 Å². The lowest BCUT2D eigenvalue weighted by atomic mass is 10.1. The van der Waals surface area contributed by atoms with Crippen LogP contribution in [0.4, 0.5) is 0 Å². The largest absolute Gasteiger partial charge is 0.315 e. The van der Waals surface area contributed by atoms with Gasteiger partial charge in [-0.05, 0) is 61.2 Å². The maximum atomic E-state index is 3.49. The minimum Gasteiger partial charge on any atom is -0.315 e. The van der Waals surface area contributed by atoms with Gasteiger partial charge in [-0.15, -0.1) is 0 Å². The second-order valence-electron chi connectivity index (χ2n) is 6.36. The standard InChI is InChI=1S/C17H30N2S/c1-15(2)18-10-5-3-4-6-11-19(17-7-8-17)13-16-9-12-20-14-16/h9,12,14-15,17-18H,3-8,10-11,13H2,1-2H3. The number of nitrogens with one attached hydrogen (secondary N) is 1. The molecule has 2 nitrogen and oxygen atoms in total. The van der Waals surface area contributed by atoms with Gasteiger partial charge in [-0.1, -0.05) is 26.7 Å². The number of hydrogen-bond donors (Lipinski definition) is 1. The van der Waals surface area contributed by atoms with E-state index in [-0.39, 0.29) is 0 Å². The Morgan fingerprint density at radius 1 is 1.25 bits per heavy atom. The van der Waals surface area contributed by atoms with E-state index in [4.69, 9.17) is 0 Å². The Bertz CT molecular complexity index is 344. The molecule has 0 amide bonds. The molecule has 1 saturated carbocycles. The van der Waals surface area contributed by atoms with Gasteiger partial charge >= 0.3 is 0 Å². The van der Waals surface area contributed by atoms with Crippen molar-refractivity contribution in [2.45, 2.75) is 71.0 Å². The molecule has 114 valence electrons. The molecule has 1 aliphatic rings. The quantitative estimate of drug-likeness (QED) is 0.613. The number of unbranched alkanes of at least 4 members (excludes halogenated alkanes) is 3. The third-order valence-electron chi connectivity index (χ3n) is 3.95. The summed E-state index contributed by atoms with van der Waals surface area (Å²) in [6, 6.07) is 3.79. The van der Waals surface area contributed by atoms with E-state index in [1.165, 1.54) is 63.7 Å². The fourth-order valence-corrected chi connectivity index (χ4v) is 3.29. The molecule has 1 N–H and O–H groups in total. The van der Waals surface area contributed by atoms with Crippen LogP contribution in [0.1, 0.15) is 57.9 Å². The molecule has 0 atom stereocenters. The molecule has 1 aromatic heterocycles. The van der Waals surface area contributed by atoms with Crippen LogP contribution in [0.15, 0.2) is 16.8 Å². The number of nitrogens with zero attached hydrogens (tertiary/aromatic N) is 1. The van der Waals surface area contributed by atoms with Crippen LogP contribution in [-0.2, 0) is 6.54 Å². The second kappa shape index (κ2) is 8.81. The van der Waals surface area contributed by atoms with Crippen LogP contribution in [0.3, 0.4) is 0 Å². The highest BCUT2D eigenvalue weighted by Crippen LogP contribution is 2.29. The van der Waals surface area contributed by atoms with Crippen LogP contribution in [0.2, 0.25) is 0 Å². The highest BCUT2D eigenvalue weighted by Gasteiger charge is 2.28. The highest BCUT2D eigenvalue weighted by atomic mass is 32.1. The number of thiophene rings is 1. The van der Waals surface area contributed by atoms with Crippen molar-refractivity contribution in [3.63, 3.8) is 0 Å². The predicted molar refractivity (Wildman–Crippen MR) is 89.4 cm³/mol. The SMILES string of the molecule is CC(C)NCCCCCCN(Cc1ccsc1)C1CC1. The van der Waals surface area contributed by atoms with Crippen molar-refractivity contribution in [3.05, 3.63) is 22.4 Å². The lowest BCUT2D eigenvalue weighted by molar-refractivity contribution is 0.248.